The van der Waals surface area contributed by atoms with Gasteiger partial charge < -0.3 is 20.0 Å². The summed E-state index contributed by atoms with van der Waals surface area (Å²) in [5.41, 5.74) is 4.64. The molecule has 2 amide bonds. The fourth-order valence-corrected chi connectivity index (χ4v) is 4.54. The highest BCUT2D eigenvalue weighted by atomic mass is 16.2. The Morgan fingerprint density at radius 2 is 1.71 bits per heavy atom. The smallest absolute Gasteiger partial charge is 0.256 e. The molecule has 1 aromatic heterocycles. The summed E-state index contributed by atoms with van der Waals surface area (Å²) in [6.45, 7) is 5.00. The summed E-state index contributed by atoms with van der Waals surface area (Å²) in [6.07, 6.45) is 1.18. The van der Waals surface area contributed by atoms with Crippen LogP contribution in [0.2, 0.25) is 0 Å². The molecule has 0 spiro atoms. The number of fused-ring (bicyclic) bond motifs is 1. The summed E-state index contributed by atoms with van der Waals surface area (Å²) in [6, 6.07) is 17.7. The average molecular weight is 459 g/mol. The largest absolute Gasteiger partial charge is 0.369 e. The van der Waals surface area contributed by atoms with E-state index in [4.69, 9.17) is 0 Å². The Balaban J connectivity index is 1.17. The van der Waals surface area contributed by atoms with Gasteiger partial charge in [0, 0.05) is 49.4 Å². The van der Waals surface area contributed by atoms with Crippen LogP contribution in [0.15, 0.2) is 54.6 Å². The van der Waals surface area contributed by atoms with Gasteiger partial charge >= 0.3 is 0 Å². The molecule has 0 saturated carbocycles. The molecule has 8 nitrogen and oxygen atoms in total. The zero-order chi connectivity index (χ0) is 23.5. The standard InChI is InChI=1S/C26H30N6O2/c1-30-13-15-31(16-14-30)21-10-8-20(9-11-21)26(34)27-25-22-17-32(18-23(22)28-29-25)24(33)12-7-19-5-3-2-4-6-19/h2-6,8-11H,7,12-18H2,1H3,(H2,27,28,29,34). The van der Waals surface area contributed by atoms with E-state index in [1.807, 2.05) is 59.5 Å². The number of piperazine rings is 1. The van der Waals surface area contributed by atoms with Crippen molar-refractivity contribution in [2.45, 2.75) is 25.9 Å². The lowest BCUT2D eigenvalue weighted by atomic mass is 10.1. The minimum atomic E-state index is -0.201. The van der Waals surface area contributed by atoms with Crippen LogP contribution in [0.3, 0.4) is 0 Å². The van der Waals surface area contributed by atoms with E-state index in [-0.39, 0.29) is 11.8 Å². The number of aryl methyl sites for hydroxylation is 1. The molecule has 2 aliphatic rings. The number of carbonyl (C=O) groups is 2. The van der Waals surface area contributed by atoms with Gasteiger partial charge in [0.05, 0.1) is 18.8 Å². The third kappa shape index (κ3) is 4.82. The number of carbonyl (C=O) groups excluding carboxylic acids is 2. The maximum Gasteiger partial charge on any atom is 0.256 e. The number of anilines is 2. The first-order valence-electron chi connectivity index (χ1n) is 11.8. The number of nitrogens with zero attached hydrogens (tertiary/aromatic N) is 4. The molecule has 5 rings (SSSR count). The van der Waals surface area contributed by atoms with Crippen molar-refractivity contribution in [3.8, 4) is 0 Å². The van der Waals surface area contributed by atoms with E-state index in [0.717, 1.165) is 55.1 Å². The van der Waals surface area contributed by atoms with E-state index in [2.05, 4.69) is 32.4 Å². The third-order valence-corrected chi connectivity index (χ3v) is 6.70. The Morgan fingerprint density at radius 3 is 2.44 bits per heavy atom. The van der Waals surface area contributed by atoms with Crippen molar-refractivity contribution in [3.63, 3.8) is 0 Å². The minimum absolute atomic E-state index is 0.102. The van der Waals surface area contributed by atoms with E-state index < -0.39 is 0 Å². The molecule has 0 bridgehead atoms. The van der Waals surface area contributed by atoms with Gasteiger partial charge in [-0.2, -0.15) is 5.10 Å². The molecule has 0 atom stereocenters. The monoisotopic (exact) mass is 458 g/mol. The van der Waals surface area contributed by atoms with Gasteiger partial charge in [-0.3, -0.25) is 14.7 Å². The second-order valence-electron chi connectivity index (χ2n) is 9.06. The van der Waals surface area contributed by atoms with Crippen LogP contribution in [-0.4, -0.2) is 65.0 Å². The van der Waals surface area contributed by atoms with Crippen molar-refractivity contribution in [3.05, 3.63) is 77.0 Å². The lowest BCUT2D eigenvalue weighted by molar-refractivity contribution is -0.131. The summed E-state index contributed by atoms with van der Waals surface area (Å²) in [5, 5.41) is 10.2. The first-order valence-corrected chi connectivity index (χ1v) is 11.8. The molecule has 2 aromatic carbocycles. The number of amides is 2. The number of nitrogens with one attached hydrogen (secondary N) is 2. The van der Waals surface area contributed by atoms with E-state index >= 15 is 0 Å². The fraction of sp³-hybridized carbons (Fsp3) is 0.346. The zero-order valence-corrected chi connectivity index (χ0v) is 19.5. The normalized spacial score (nSPS) is 15.9. The van der Waals surface area contributed by atoms with E-state index in [1.54, 1.807) is 0 Å². The zero-order valence-electron chi connectivity index (χ0n) is 19.5. The van der Waals surface area contributed by atoms with Gasteiger partial charge in [-0.15, -0.1) is 0 Å². The van der Waals surface area contributed by atoms with E-state index in [9.17, 15) is 9.59 Å². The summed E-state index contributed by atoms with van der Waals surface area (Å²) in [4.78, 5) is 32.0. The molecule has 1 fully saturated rings. The van der Waals surface area contributed by atoms with Crippen molar-refractivity contribution >= 4 is 23.3 Å². The molecule has 0 unspecified atom stereocenters. The lowest BCUT2D eigenvalue weighted by Crippen LogP contribution is -2.44. The Morgan fingerprint density at radius 1 is 0.971 bits per heavy atom. The molecule has 8 heteroatoms. The van der Waals surface area contributed by atoms with Gasteiger partial charge in [0.15, 0.2) is 5.82 Å². The molecule has 3 aromatic rings. The van der Waals surface area contributed by atoms with Crippen LogP contribution in [0.4, 0.5) is 11.5 Å². The maximum atomic E-state index is 12.9. The highest BCUT2D eigenvalue weighted by Crippen LogP contribution is 2.28. The number of rotatable bonds is 6. The number of likely N-dealkylation sites (N-methyl/N-ethyl adjacent to an activating group) is 1. The molecule has 2 N–H and O–H groups in total. The lowest BCUT2D eigenvalue weighted by Gasteiger charge is -2.34. The Bertz CT molecular complexity index is 1150. The molecular weight excluding hydrogens is 428 g/mol. The second-order valence-corrected chi connectivity index (χ2v) is 9.06. The van der Waals surface area contributed by atoms with Gasteiger partial charge in [-0.1, -0.05) is 30.3 Å². The number of hydrogen-bond donors (Lipinski definition) is 2. The van der Waals surface area contributed by atoms with Crippen LogP contribution in [0.25, 0.3) is 0 Å². The second kappa shape index (κ2) is 9.69. The van der Waals surface area contributed by atoms with E-state index in [1.165, 1.54) is 0 Å². The molecule has 3 heterocycles. The number of H-pyrrole nitrogens is 1. The Kier molecular flexibility index (Phi) is 6.31. The predicted molar refractivity (Wildman–Crippen MR) is 132 cm³/mol. The summed E-state index contributed by atoms with van der Waals surface area (Å²) < 4.78 is 0. The van der Waals surface area contributed by atoms with Gasteiger partial charge in [0.1, 0.15) is 0 Å². The van der Waals surface area contributed by atoms with Crippen molar-refractivity contribution in [2.24, 2.45) is 0 Å². The van der Waals surface area contributed by atoms with E-state index in [0.29, 0.717) is 30.9 Å². The van der Waals surface area contributed by atoms with Gasteiger partial charge in [0.25, 0.3) is 5.91 Å². The first kappa shape index (κ1) is 22.2. The van der Waals surface area contributed by atoms with Crippen LogP contribution in [0, 0.1) is 0 Å². The number of aromatic nitrogens is 2. The van der Waals surface area contributed by atoms with Gasteiger partial charge in [-0.05, 0) is 43.3 Å². The third-order valence-electron chi connectivity index (χ3n) is 6.70. The minimum Gasteiger partial charge on any atom is -0.369 e. The van der Waals surface area contributed by atoms with Gasteiger partial charge in [0.2, 0.25) is 5.91 Å². The topological polar surface area (TPSA) is 84.6 Å². The Hall–Kier alpha value is -3.65. The fourth-order valence-electron chi connectivity index (χ4n) is 4.54. The van der Waals surface area contributed by atoms with Crippen molar-refractivity contribution in [1.82, 2.24) is 20.0 Å². The molecule has 0 radical (unpaired) electrons. The van der Waals surface area contributed by atoms with Crippen molar-refractivity contribution in [1.29, 1.82) is 0 Å². The maximum absolute atomic E-state index is 12.9. The molecule has 176 valence electrons. The number of hydrogen-bond acceptors (Lipinski definition) is 5. The van der Waals surface area contributed by atoms with Crippen LogP contribution in [-0.2, 0) is 24.3 Å². The molecule has 0 aliphatic carbocycles. The summed E-state index contributed by atoms with van der Waals surface area (Å²) in [7, 11) is 2.14. The highest BCUT2D eigenvalue weighted by Gasteiger charge is 2.28. The Labute approximate surface area is 199 Å². The molecular formula is C26H30N6O2. The molecule has 2 aliphatic heterocycles. The average Bonchev–Trinajstić information content (AvgIpc) is 3.46. The first-order chi connectivity index (χ1) is 16.6. The molecule has 34 heavy (non-hydrogen) atoms. The van der Waals surface area contributed by atoms with Crippen LogP contribution < -0.4 is 10.2 Å². The van der Waals surface area contributed by atoms with Crippen molar-refractivity contribution in [2.75, 3.05) is 43.4 Å². The quantitative estimate of drug-likeness (QED) is 0.593. The number of benzene rings is 2. The summed E-state index contributed by atoms with van der Waals surface area (Å²) >= 11 is 0. The van der Waals surface area contributed by atoms with Crippen molar-refractivity contribution < 1.29 is 9.59 Å². The van der Waals surface area contributed by atoms with Gasteiger partial charge in [-0.25, -0.2) is 0 Å². The molecule has 1 saturated heterocycles. The van der Waals surface area contributed by atoms with Crippen LogP contribution in [0.1, 0.15) is 33.6 Å². The summed E-state index contributed by atoms with van der Waals surface area (Å²) in [5.74, 6) is 0.403. The highest BCUT2D eigenvalue weighted by molar-refractivity contribution is 6.04. The SMILES string of the molecule is CN1CCN(c2ccc(C(=O)Nc3n[nH]c4c3CN(C(=O)CCc3ccccc3)C4)cc2)CC1. The number of aromatic amines is 1. The van der Waals surface area contributed by atoms with Crippen LogP contribution >= 0.6 is 0 Å². The van der Waals surface area contributed by atoms with Crippen LogP contribution in [0.5, 0.6) is 0 Å². The predicted octanol–water partition coefficient (Wildman–Crippen LogP) is 2.89.